The van der Waals surface area contributed by atoms with Crippen molar-refractivity contribution in [3.05, 3.63) is 69.3 Å². The lowest BCUT2D eigenvalue weighted by molar-refractivity contribution is -0.265. The summed E-state index contributed by atoms with van der Waals surface area (Å²) in [6.45, 7) is -0.0688. The highest BCUT2D eigenvalue weighted by molar-refractivity contribution is 6.42. The molecule has 0 aliphatic carbocycles. The number of aromatic nitrogens is 1. The minimum Gasteiger partial charge on any atom is -0.493 e. The Labute approximate surface area is 242 Å². The first-order valence-corrected chi connectivity index (χ1v) is 12.9. The summed E-state index contributed by atoms with van der Waals surface area (Å²) in [7, 11) is 1.31. The van der Waals surface area contributed by atoms with Gasteiger partial charge in [0, 0.05) is 16.7 Å². The molecule has 1 amide bonds. The van der Waals surface area contributed by atoms with Gasteiger partial charge in [0.15, 0.2) is 17.2 Å². The molecule has 3 aromatic rings. The summed E-state index contributed by atoms with van der Waals surface area (Å²) < 4.78 is 59.8. The van der Waals surface area contributed by atoms with Crippen LogP contribution in [0.2, 0.25) is 10.0 Å². The van der Waals surface area contributed by atoms with Gasteiger partial charge in [0.05, 0.1) is 41.5 Å². The van der Waals surface area contributed by atoms with Crippen LogP contribution in [-0.4, -0.2) is 60.8 Å². The largest absolute Gasteiger partial charge is 0.493 e. The SMILES string of the molecule is COc1cc(C(=O)NCC(O)(c2cc3c(c(-c4ccc(Cl)c(Cl)c4)n2)OCC3(C)N)C(F)(F)F)ccc1OCCO. The zero-order chi connectivity index (χ0) is 30.2. The van der Waals surface area contributed by atoms with Gasteiger partial charge in [0.25, 0.3) is 5.91 Å². The monoisotopic (exact) mass is 615 g/mol. The number of aliphatic hydroxyl groups excluding tert-OH is 1. The van der Waals surface area contributed by atoms with Gasteiger partial charge in [-0.1, -0.05) is 29.3 Å². The summed E-state index contributed by atoms with van der Waals surface area (Å²) in [6.07, 6.45) is -5.28. The molecule has 9 nitrogen and oxygen atoms in total. The lowest BCUT2D eigenvalue weighted by Crippen LogP contribution is -2.51. The van der Waals surface area contributed by atoms with Gasteiger partial charge >= 0.3 is 6.18 Å². The number of alkyl halides is 3. The number of halogens is 5. The highest BCUT2D eigenvalue weighted by Gasteiger charge is 2.57. The Balaban J connectivity index is 1.73. The maximum absolute atomic E-state index is 14.5. The van der Waals surface area contributed by atoms with Gasteiger partial charge in [-0.3, -0.25) is 4.79 Å². The van der Waals surface area contributed by atoms with Gasteiger partial charge in [-0.15, -0.1) is 0 Å². The summed E-state index contributed by atoms with van der Waals surface area (Å²) in [5.41, 5.74) is 1.02. The second kappa shape index (κ2) is 11.5. The average Bonchev–Trinajstić information content (AvgIpc) is 3.24. The number of nitrogens with zero attached hydrogens (tertiary/aromatic N) is 1. The number of aliphatic hydroxyl groups is 2. The number of methoxy groups -OCH3 is 1. The van der Waals surface area contributed by atoms with Crippen LogP contribution in [0.5, 0.6) is 17.2 Å². The summed E-state index contributed by atoms with van der Waals surface area (Å²) >= 11 is 12.2. The smallest absolute Gasteiger partial charge is 0.424 e. The van der Waals surface area contributed by atoms with Crippen LogP contribution in [0.4, 0.5) is 13.2 Å². The minimum absolute atomic E-state index is 0.0363. The molecular weight excluding hydrogens is 590 g/mol. The standard InChI is InChI=1S/C27H26Cl2F3N3O6/c1-25(33)13-41-23-16(25)11-21(35-22(23)14-3-5-17(28)18(29)9-14)26(38,27(30,31)32)12-34-24(37)15-4-6-19(40-8-7-36)20(10-15)39-2/h3-6,9-11,36,38H,7-8,12-13,33H2,1-2H3,(H,34,37). The highest BCUT2D eigenvalue weighted by Crippen LogP contribution is 2.46. The van der Waals surface area contributed by atoms with E-state index in [9.17, 15) is 23.1 Å². The van der Waals surface area contributed by atoms with Crippen LogP contribution in [-0.2, 0) is 11.1 Å². The van der Waals surface area contributed by atoms with Crippen molar-refractivity contribution in [3.63, 3.8) is 0 Å². The molecule has 1 aromatic heterocycles. The third-order valence-electron chi connectivity index (χ3n) is 6.47. The van der Waals surface area contributed by atoms with Crippen molar-refractivity contribution < 1.29 is 42.4 Å². The molecule has 41 heavy (non-hydrogen) atoms. The van der Waals surface area contributed by atoms with Gasteiger partial charge in [0.2, 0.25) is 5.60 Å². The number of carbonyl (C=O) groups is 1. The van der Waals surface area contributed by atoms with Gasteiger partial charge in [-0.05, 0) is 43.3 Å². The topological polar surface area (TPSA) is 136 Å². The number of nitrogens with one attached hydrogen (secondary N) is 1. The molecule has 0 saturated carbocycles. The molecule has 14 heteroatoms. The van der Waals surface area contributed by atoms with Crippen LogP contribution >= 0.6 is 23.2 Å². The van der Waals surface area contributed by atoms with E-state index in [-0.39, 0.29) is 69.5 Å². The molecule has 2 unspecified atom stereocenters. The molecule has 2 atom stereocenters. The van der Waals surface area contributed by atoms with E-state index in [4.69, 9.17) is 48.3 Å². The highest BCUT2D eigenvalue weighted by atomic mass is 35.5. The Bertz CT molecular complexity index is 1470. The number of ether oxygens (including phenoxy) is 3. The Hall–Kier alpha value is -3.29. The van der Waals surface area contributed by atoms with Crippen LogP contribution in [0.1, 0.15) is 28.5 Å². The van der Waals surface area contributed by atoms with Crippen molar-refractivity contribution in [1.29, 1.82) is 0 Å². The molecule has 4 rings (SSSR count). The maximum atomic E-state index is 14.5. The van der Waals surface area contributed by atoms with Crippen LogP contribution in [0, 0.1) is 0 Å². The van der Waals surface area contributed by atoms with Gasteiger partial charge in [-0.25, -0.2) is 4.98 Å². The van der Waals surface area contributed by atoms with Crippen molar-refractivity contribution in [2.45, 2.75) is 24.2 Å². The Morgan fingerprint density at radius 1 is 1.17 bits per heavy atom. The number of nitrogens with two attached hydrogens (primary N) is 1. The normalized spacial score (nSPS) is 17.8. The molecular formula is C27H26Cl2F3N3O6. The molecule has 0 spiro atoms. The van der Waals surface area contributed by atoms with E-state index in [0.717, 1.165) is 6.07 Å². The summed E-state index contributed by atoms with van der Waals surface area (Å²) in [5.74, 6) is -0.459. The fourth-order valence-corrected chi connectivity index (χ4v) is 4.48. The maximum Gasteiger partial charge on any atom is 0.424 e. The van der Waals surface area contributed by atoms with Crippen molar-refractivity contribution in [3.8, 4) is 28.5 Å². The summed E-state index contributed by atoms with van der Waals surface area (Å²) in [4.78, 5) is 17.0. The van der Waals surface area contributed by atoms with Gasteiger partial charge in [-0.2, -0.15) is 13.2 Å². The molecule has 220 valence electrons. The molecule has 0 fully saturated rings. The first-order valence-electron chi connectivity index (χ1n) is 12.1. The number of rotatable bonds is 9. The lowest BCUT2D eigenvalue weighted by atomic mass is 9.89. The molecule has 0 radical (unpaired) electrons. The molecule has 1 aliphatic heterocycles. The Kier molecular flexibility index (Phi) is 8.63. The van der Waals surface area contributed by atoms with E-state index in [1.54, 1.807) is 6.92 Å². The van der Waals surface area contributed by atoms with E-state index < -0.39 is 35.5 Å². The fourth-order valence-electron chi connectivity index (χ4n) is 4.18. The second-order valence-corrected chi connectivity index (χ2v) is 10.4. The summed E-state index contributed by atoms with van der Waals surface area (Å²) in [6, 6.07) is 9.28. The Morgan fingerprint density at radius 3 is 2.54 bits per heavy atom. The third-order valence-corrected chi connectivity index (χ3v) is 7.21. The predicted molar refractivity (Wildman–Crippen MR) is 145 cm³/mol. The van der Waals surface area contributed by atoms with Crippen molar-refractivity contribution in [2.24, 2.45) is 5.73 Å². The van der Waals surface area contributed by atoms with E-state index in [1.165, 1.54) is 43.5 Å². The van der Waals surface area contributed by atoms with Crippen molar-refractivity contribution >= 4 is 29.1 Å². The predicted octanol–water partition coefficient (Wildman–Crippen LogP) is 4.18. The van der Waals surface area contributed by atoms with Crippen LogP contribution in [0.3, 0.4) is 0 Å². The molecule has 1 aliphatic rings. The lowest BCUT2D eigenvalue weighted by Gasteiger charge is -2.31. The summed E-state index contributed by atoms with van der Waals surface area (Å²) in [5, 5.41) is 22.6. The number of hydrogen-bond donors (Lipinski definition) is 4. The zero-order valence-electron chi connectivity index (χ0n) is 21.8. The second-order valence-electron chi connectivity index (χ2n) is 9.55. The van der Waals surface area contributed by atoms with Crippen molar-refractivity contribution in [1.82, 2.24) is 10.3 Å². The number of fused-ring (bicyclic) bond motifs is 1. The first-order chi connectivity index (χ1) is 19.2. The van der Waals surface area contributed by atoms with Gasteiger partial charge in [0.1, 0.15) is 18.9 Å². The molecule has 2 aromatic carbocycles. The Morgan fingerprint density at radius 2 is 1.90 bits per heavy atom. The third kappa shape index (κ3) is 6.02. The number of amides is 1. The van der Waals surface area contributed by atoms with Crippen LogP contribution in [0.25, 0.3) is 11.3 Å². The molecule has 2 heterocycles. The minimum atomic E-state index is -5.28. The fraction of sp³-hybridized carbons (Fsp3) is 0.333. The number of hydrogen-bond acceptors (Lipinski definition) is 8. The number of benzene rings is 2. The van der Waals surface area contributed by atoms with Crippen molar-refractivity contribution in [2.75, 3.05) is 33.5 Å². The molecule has 0 saturated heterocycles. The quantitative estimate of drug-likeness (QED) is 0.281. The van der Waals surface area contributed by atoms with Crippen LogP contribution < -0.4 is 25.3 Å². The van der Waals surface area contributed by atoms with E-state index in [0.29, 0.717) is 0 Å². The zero-order valence-corrected chi connectivity index (χ0v) is 23.3. The van der Waals surface area contributed by atoms with Crippen LogP contribution in [0.15, 0.2) is 42.5 Å². The van der Waals surface area contributed by atoms with E-state index in [1.807, 2.05) is 0 Å². The van der Waals surface area contributed by atoms with E-state index >= 15 is 0 Å². The molecule has 5 N–H and O–H groups in total. The molecule has 0 bridgehead atoms. The average molecular weight is 616 g/mol. The number of carbonyl (C=O) groups excluding carboxylic acids is 1. The first kappa shape index (κ1) is 30.7. The number of pyridine rings is 1. The van der Waals surface area contributed by atoms with Gasteiger partial charge < -0.3 is 35.5 Å². The van der Waals surface area contributed by atoms with E-state index in [2.05, 4.69) is 10.3 Å².